The average Bonchev–Trinajstić information content (AvgIpc) is 3.01. The Bertz CT molecular complexity index is 822. The van der Waals surface area contributed by atoms with Gasteiger partial charge in [-0.15, -0.1) is 0 Å². The second-order valence-corrected chi connectivity index (χ2v) is 6.46. The Labute approximate surface area is 135 Å². The van der Waals surface area contributed by atoms with E-state index in [9.17, 15) is 9.59 Å². The van der Waals surface area contributed by atoms with Gasteiger partial charge < -0.3 is 4.90 Å². The smallest absolute Gasteiger partial charge is 0.332 e. The minimum atomic E-state index is -0.251. The van der Waals surface area contributed by atoms with Crippen molar-refractivity contribution in [1.29, 1.82) is 0 Å². The van der Waals surface area contributed by atoms with Gasteiger partial charge in [0.2, 0.25) is 0 Å². The molecule has 0 aliphatic carbocycles. The van der Waals surface area contributed by atoms with Gasteiger partial charge >= 0.3 is 5.69 Å². The minimum absolute atomic E-state index is 0.242. The highest BCUT2D eigenvalue weighted by atomic mass is 16.2. The predicted octanol–water partition coefficient (Wildman–Crippen LogP) is 1.81. The van der Waals surface area contributed by atoms with Gasteiger partial charge in [0.25, 0.3) is 5.56 Å². The number of hydrogen-bond donors (Lipinski definition) is 0. The summed E-state index contributed by atoms with van der Waals surface area (Å²) in [5.41, 5.74) is 2.96. The molecule has 0 amide bonds. The molecule has 0 unspecified atom stereocenters. The molecule has 1 saturated heterocycles. The molecule has 2 heterocycles. The van der Waals surface area contributed by atoms with Gasteiger partial charge in [-0.05, 0) is 32.3 Å². The Morgan fingerprint density at radius 1 is 0.957 bits per heavy atom. The van der Waals surface area contributed by atoms with Crippen LogP contribution in [-0.4, -0.2) is 22.2 Å². The van der Waals surface area contributed by atoms with Crippen LogP contribution in [0.4, 0.5) is 5.82 Å². The zero-order chi connectivity index (χ0) is 16.6. The van der Waals surface area contributed by atoms with E-state index in [2.05, 4.69) is 36.9 Å². The van der Waals surface area contributed by atoms with E-state index >= 15 is 0 Å². The summed E-state index contributed by atoms with van der Waals surface area (Å²) in [5, 5.41) is 0. The lowest BCUT2D eigenvalue weighted by molar-refractivity contribution is 0.635. The fraction of sp³-hybridized carbons (Fsp3) is 0.444. The van der Waals surface area contributed by atoms with Crippen LogP contribution in [0.5, 0.6) is 0 Å². The van der Waals surface area contributed by atoms with Crippen LogP contribution in [0.3, 0.4) is 0 Å². The molecule has 1 aliphatic rings. The maximum Gasteiger partial charge on any atom is 0.332 e. The first kappa shape index (κ1) is 15.6. The molecule has 23 heavy (non-hydrogen) atoms. The molecule has 0 atom stereocenters. The summed E-state index contributed by atoms with van der Waals surface area (Å²) in [4.78, 5) is 26.8. The Balaban J connectivity index is 2.11. The van der Waals surface area contributed by atoms with Gasteiger partial charge in [0.15, 0.2) is 0 Å². The van der Waals surface area contributed by atoms with E-state index in [1.54, 1.807) is 10.6 Å². The highest BCUT2D eigenvalue weighted by Gasteiger charge is 2.19. The maximum absolute atomic E-state index is 12.6. The molecule has 2 aromatic rings. The van der Waals surface area contributed by atoms with Gasteiger partial charge in [-0.25, -0.2) is 4.79 Å². The molecule has 0 bridgehead atoms. The van der Waals surface area contributed by atoms with Crippen LogP contribution < -0.4 is 16.1 Å². The Kier molecular flexibility index (Phi) is 4.11. The molecule has 5 nitrogen and oxygen atoms in total. The van der Waals surface area contributed by atoms with E-state index in [1.807, 2.05) is 0 Å². The summed E-state index contributed by atoms with van der Waals surface area (Å²) in [6, 6.07) is 7.90. The first-order valence-corrected chi connectivity index (χ1v) is 8.09. The largest absolute Gasteiger partial charge is 0.358 e. The van der Waals surface area contributed by atoms with Crippen molar-refractivity contribution in [3.05, 3.63) is 61.8 Å². The van der Waals surface area contributed by atoms with Crippen LogP contribution in [0.1, 0.15) is 29.5 Å². The van der Waals surface area contributed by atoms with Crippen molar-refractivity contribution < 1.29 is 0 Å². The van der Waals surface area contributed by atoms with Crippen LogP contribution in [-0.2, 0) is 13.6 Å². The van der Waals surface area contributed by atoms with Gasteiger partial charge in [-0.2, -0.15) is 0 Å². The van der Waals surface area contributed by atoms with Gasteiger partial charge in [0.1, 0.15) is 5.82 Å². The molecule has 0 radical (unpaired) electrons. The fourth-order valence-corrected chi connectivity index (χ4v) is 3.36. The topological polar surface area (TPSA) is 47.2 Å². The Morgan fingerprint density at radius 3 is 2.17 bits per heavy atom. The molecule has 5 heteroatoms. The summed E-state index contributed by atoms with van der Waals surface area (Å²) in [7, 11) is 1.54. The highest BCUT2D eigenvalue weighted by Crippen LogP contribution is 2.19. The quantitative estimate of drug-likeness (QED) is 0.868. The lowest BCUT2D eigenvalue weighted by Crippen LogP contribution is -2.41. The van der Waals surface area contributed by atoms with Gasteiger partial charge in [-0.1, -0.05) is 29.3 Å². The predicted molar refractivity (Wildman–Crippen MR) is 92.4 cm³/mol. The molecule has 0 saturated carbocycles. The van der Waals surface area contributed by atoms with Crippen molar-refractivity contribution in [3.63, 3.8) is 0 Å². The molecule has 1 aromatic carbocycles. The van der Waals surface area contributed by atoms with Crippen LogP contribution in [0.2, 0.25) is 0 Å². The van der Waals surface area contributed by atoms with Crippen LogP contribution in [0.25, 0.3) is 0 Å². The highest BCUT2D eigenvalue weighted by molar-refractivity contribution is 5.40. The normalized spacial score (nSPS) is 14.5. The molecule has 1 aromatic heterocycles. The minimum Gasteiger partial charge on any atom is -0.358 e. The van der Waals surface area contributed by atoms with Crippen LogP contribution in [0.15, 0.2) is 33.9 Å². The van der Waals surface area contributed by atoms with Crippen molar-refractivity contribution in [3.8, 4) is 0 Å². The van der Waals surface area contributed by atoms with Crippen molar-refractivity contribution in [2.24, 2.45) is 7.05 Å². The third-order valence-electron chi connectivity index (χ3n) is 4.43. The number of nitrogens with zero attached hydrogens (tertiary/aromatic N) is 3. The third-order valence-corrected chi connectivity index (χ3v) is 4.43. The maximum atomic E-state index is 12.6. The number of aromatic nitrogens is 2. The lowest BCUT2D eigenvalue weighted by atomic mass is 10.1. The van der Waals surface area contributed by atoms with Crippen molar-refractivity contribution in [2.45, 2.75) is 33.2 Å². The molecule has 0 spiro atoms. The monoisotopic (exact) mass is 313 g/mol. The zero-order valence-electron chi connectivity index (χ0n) is 14.0. The number of anilines is 1. The van der Waals surface area contributed by atoms with E-state index < -0.39 is 0 Å². The number of rotatable bonds is 3. The SMILES string of the molecule is Cc1cc(C)cc(Cn2c(N3CCCC3)cc(=O)n(C)c2=O)c1. The molecule has 122 valence electrons. The summed E-state index contributed by atoms with van der Waals surface area (Å²) < 4.78 is 2.91. The van der Waals surface area contributed by atoms with E-state index in [1.165, 1.54) is 22.7 Å². The number of hydrogen-bond acceptors (Lipinski definition) is 3. The van der Waals surface area contributed by atoms with E-state index in [4.69, 9.17) is 0 Å². The standard InChI is InChI=1S/C18H23N3O2/c1-13-8-14(2)10-15(9-13)12-21-16(20-6-4-5-7-20)11-17(22)19(3)18(21)23/h8-11H,4-7,12H2,1-3H3. The van der Waals surface area contributed by atoms with Gasteiger partial charge in [-0.3, -0.25) is 13.9 Å². The Morgan fingerprint density at radius 2 is 1.57 bits per heavy atom. The second-order valence-electron chi connectivity index (χ2n) is 6.46. The van der Waals surface area contributed by atoms with Crippen molar-refractivity contribution in [1.82, 2.24) is 9.13 Å². The Hall–Kier alpha value is -2.30. The summed E-state index contributed by atoms with van der Waals surface area (Å²) in [6.07, 6.45) is 2.21. The van der Waals surface area contributed by atoms with Crippen molar-refractivity contribution >= 4 is 5.82 Å². The first-order valence-electron chi connectivity index (χ1n) is 8.09. The van der Waals surface area contributed by atoms with E-state index in [0.29, 0.717) is 6.54 Å². The third kappa shape index (κ3) is 3.09. The molecular formula is C18H23N3O2. The van der Waals surface area contributed by atoms with E-state index in [-0.39, 0.29) is 11.2 Å². The molecule has 0 N–H and O–H groups in total. The van der Waals surface area contributed by atoms with Crippen LogP contribution in [0, 0.1) is 13.8 Å². The van der Waals surface area contributed by atoms with Gasteiger partial charge in [0.05, 0.1) is 6.54 Å². The fourth-order valence-electron chi connectivity index (χ4n) is 3.36. The van der Waals surface area contributed by atoms with E-state index in [0.717, 1.165) is 37.3 Å². The zero-order valence-corrected chi connectivity index (χ0v) is 14.0. The summed E-state index contributed by atoms with van der Waals surface area (Å²) in [6.45, 7) is 6.41. The second kappa shape index (κ2) is 6.07. The van der Waals surface area contributed by atoms with Crippen LogP contribution >= 0.6 is 0 Å². The molecule has 3 rings (SSSR count). The molecule has 1 aliphatic heterocycles. The number of benzene rings is 1. The van der Waals surface area contributed by atoms with Crippen molar-refractivity contribution in [2.75, 3.05) is 18.0 Å². The average molecular weight is 313 g/mol. The first-order chi connectivity index (χ1) is 11.0. The molecular weight excluding hydrogens is 290 g/mol. The van der Waals surface area contributed by atoms with Gasteiger partial charge in [0, 0.05) is 26.2 Å². The number of aryl methyl sites for hydroxylation is 2. The summed E-state index contributed by atoms with van der Waals surface area (Å²) >= 11 is 0. The lowest BCUT2D eigenvalue weighted by Gasteiger charge is -2.23. The summed E-state index contributed by atoms with van der Waals surface area (Å²) in [5.74, 6) is 0.745. The molecule has 1 fully saturated rings.